The maximum Gasteiger partial charge on any atom is 0.307 e. The number of piperidine rings is 1. The lowest BCUT2D eigenvalue weighted by Crippen LogP contribution is -2.42. The van der Waals surface area contributed by atoms with E-state index in [9.17, 15) is 9.59 Å². The summed E-state index contributed by atoms with van der Waals surface area (Å²) in [5.41, 5.74) is 0.961. The van der Waals surface area contributed by atoms with Crippen LogP contribution in [0.1, 0.15) is 24.8 Å². The molecule has 1 fully saturated rings. The number of esters is 1. The Bertz CT molecular complexity index is 452. The molecule has 5 nitrogen and oxygen atoms in total. The average Bonchev–Trinajstić information content (AvgIpc) is 2.47. The van der Waals surface area contributed by atoms with Crippen molar-refractivity contribution >= 4 is 11.9 Å². The summed E-state index contributed by atoms with van der Waals surface area (Å²) in [6.45, 7) is 0.704. The normalized spacial score (nSPS) is 22.2. The second-order valence-electron chi connectivity index (χ2n) is 5.07. The number of carbonyl (C=O) groups excluding carboxylic acids is 1. The lowest BCUT2D eigenvalue weighted by Gasteiger charge is -2.26. The lowest BCUT2D eigenvalue weighted by atomic mass is 9.93. The molecular weight excluding hydrogens is 258 g/mol. The third-order valence-electron chi connectivity index (χ3n) is 3.52. The molecule has 1 aliphatic heterocycles. The van der Waals surface area contributed by atoms with Crippen LogP contribution in [0.5, 0.6) is 0 Å². The van der Waals surface area contributed by atoms with Crippen molar-refractivity contribution in [2.75, 3.05) is 6.54 Å². The summed E-state index contributed by atoms with van der Waals surface area (Å²) in [5.74, 6) is -1.37. The van der Waals surface area contributed by atoms with Gasteiger partial charge in [-0.15, -0.1) is 0 Å². The number of hydrogen-bond donors (Lipinski definition) is 2. The lowest BCUT2D eigenvalue weighted by molar-refractivity contribution is -0.145. The highest BCUT2D eigenvalue weighted by atomic mass is 16.5. The number of nitrogens with one attached hydrogen (secondary N) is 1. The quantitative estimate of drug-likeness (QED) is 0.799. The molecule has 0 amide bonds. The van der Waals surface area contributed by atoms with Gasteiger partial charge in [0.25, 0.3) is 0 Å². The van der Waals surface area contributed by atoms with Crippen molar-refractivity contribution in [2.45, 2.75) is 31.9 Å². The van der Waals surface area contributed by atoms with E-state index >= 15 is 0 Å². The van der Waals surface area contributed by atoms with Gasteiger partial charge in [0.05, 0.1) is 12.3 Å². The molecule has 0 aromatic heterocycles. The molecule has 2 N–H and O–H groups in total. The predicted molar refractivity (Wildman–Crippen MR) is 73.0 cm³/mol. The Labute approximate surface area is 117 Å². The maximum absolute atomic E-state index is 11.7. The topological polar surface area (TPSA) is 75.6 Å². The number of carboxylic acids is 1. The van der Waals surface area contributed by atoms with E-state index in [1.165, 1.54) is 0 Å². The van der Waals surface area contributed by atoms with Crippen LogP contribution >= 0.6 is 0 Å². The molecule has 0 bridgehead atoms. The molecule has 5 heteroatoms. The van der Waals surface area contributed by atoms with Gasteiger partial charge in [0.15, 0.2) is 0 Å². The predicted octanol–water partition coefficient (Wildman–Crippen LogP) is 1.57. The van der Waals surface area contributed by atoms with Crippen LogP contribution in [-0.2, 0) is 20.9 Å². The highest BCUT2D eigenvalue weighted by molar-refractivity contribution is 5.71. The first-order valence-electron chi connectivity index (χ1n) is 6.81. The molecule has 0 saturated carbocycles. The molecule has 0 spiro atoms. The molecule has 0 radical (unpaired) electrons. The molecule has 2 unspecified atom stereocenters. The third-order valence-corrected chi connectivity index (χ3v) is 3.52. The van der Waals surface area contributed by atoms with Crippen molar-refractivity contribution in [2.24, 2.45) is 5.92 Å². The van der Waals surface area contributed by atoms with E-state index in [1.54, 1.807) is 0 Å². The first kappa shape index (κ1) is 14.5. The molecule has 1 aromatic rings. The largest absolute Gasteiger partial charge is 0.481 e. The standard InChI is InChI=1S/C15H19NO4/c17-14(20-10-11-4-2-1-3-5-11)8-13-7-6-12(9-16-13)15(18)19/h1-5,12-13,16H,6-10H2,(H,18,19). The fraction of sp³-hybridized carbons (Fsp3) is 0.467. The van der Waals surface area contributed by atoms with Gasteiger partial charge in [-0.3, -0.25) is 9.59 Å². The van der Waals surface area contributed by atoms with Crippen molar-refractivity contribution in [1.82, 2.24) is 5.32 Å². The van der Waals surface area contributed by atoms with E-state index < -0.39 is 5.97 Å². The van der Waals surface area contributed by atoms with Gasteiger partial charge in [-0.25, -0.2) is 0 Å². The van der Waals surface area contributed by atoms with Gasteiger partial charge in [0.2, 0.25) is 0 Å². The van der Waals surface area contributed by atoms with E-state index in [2.05, 4.69) is 5.32 Å². The molecule has 20 heavy (non-hydrogen) atoms. The van der Waals surface area contributed by atoms with Crippen LogP contribution in [0.25, 0.3) is 0 Å². The number of carbonyl (C=O) groups is 2. The minimum atomic E-state index is -0.775. The van der Waals surface area contributed by atoms with E-state index in [-0.39, 0.29) is 24.5 Å². The summed E-state index contributed by atoms with van der Waals surface area (Å²) in [5, 5.41) is 12.0. The minimum Gasteiger partial charge on any atom is -0.481 e. The Balaban J connectivity index is 1.69. The van der Waals surface area contributed by atoms with Gasteiger partial charge < -0.3 is 15.2 Å². The zero-order valence-corrected chi connectivity index (χ0v) is 11.2. The van der Waals surface area contributed by atoms with Crippen molar-refractivity contribution in [3.05, 3.63) is 35.9 Å². The van der Waals surface area contributed by atoms with Crippen molar-refractivity contribution in [3.8, 4) is 0 Å². The first-order chi connectivity index (χ1) is 9.65. The third kappa shape index (κ3) is 4.35. The first-order valence-corrected chi connectivity index (χ1v) is 6.81. The zero-order chi connectivity index (χ0) is 14.4. The van der Waals surface area contributed by atoms with Gasteiger partial charge in [0, 0.05) is 12.6 Å². The monoisotopic (exact) mass is 277 g/mol. The highest BCUT2D eigenvalue weighted by Crippen LogP contribution is 2.17. The number of rotatable bonds is 5. The number of hydrogen-bond acceptors (Lipinski definition) is 4. The molecule has 1 saturated heterocycles. The fourth-order valence-electron chi connectivity index (χ4n) is 2.30. The van der Waals surface area contributed by atoms with Crippen LogP contribution in [0.15, 0.2) is 30.3 Å². The molecular formula is C15H19NO4. The number of benzene rings is 1. The van der Waals surface area contributed by atoms with Gasteiger partial charge in [-0.2, -0.15) is 0 Å². The van der Waals surface area contributed by atoms with Crippen LogP contribution in [-0.4, -0.2) is 29.6 Å². The molecule has 1 aliphatic rings. The van der Waals surface area contributed by atoms with E-state index in [0.717, 1.165) is 5.56 Å². The van der Waals surface area contributed by atoms with Crippen LogP contribution in [0.4, 0.5) is 0 Å². The van der Waals surface area contributed by atoms with E-state index in [4.69, 9.17) is 9.84 Å². The van der Waals surface area contributed by atoms with Crippen LogP contribution in [0.3, 0.4) is 0 Å². The van der Waals surface area contributed by atoms with Crippen LogP contribution < -0.4 is 5.32 Å². The summed E-state index contributed by atoms with van der Waals surface area (Å²) < 4.78 is 5.21. The average molecular weight is 277 g/mol. The highest BCUT2D eigenvalue weighted by Gasteiger charge is 2.26. The Hall–Kier alpha value is -1.88. The van der Waals surface area contributed by atoms with Crippen molar-refractivity contribution in [3.63, 3.8) is 0 Å². The van der Waals surface area contributed by atoms with E-state index in [0.29, 0.717) is 25.8 Å². The molecule has 2 rings (SSSR count). The molecule has 108 valence electrons. The Morgan fingerprint density at radius 1 is 1.25 bits per heavy atom. The summed E-state index contributed by atoms with van der Waals surface area (Å²) >= 11 is 0. The van der Waals surface area contributed by atoms with E-state index in [1.807, 2.05) is 30.3 Å². The van der Waals surface area contributed by atoms with Gasteiger partial charge in [-0.1, -0.05) is 30.3 Å². The van der Waals surface area contributed by atoms with Crippen LogP contribution in [0, 0.1) is 5.92 Å². The second kappa shape index (κ2) is 7.05. The van der Waals surface area contributed by atoms with Crippen molar-refractivity contribution < 1.29 is 19.4 Å². The van der Waals surface area contributed by atoms with Gasteiger partial charge in [0.1, 0.15) is 6.61 Å². The minimum absolute atomic E-state index is 0.0221. The molecule has 1 heterocycles. The smallest absolute Gasteiger partial charge is 0.307 e. The fourth-order valence-corrected chi connectivity index (χ4v) is 2.30. The maximum atomic E-state index is 11.7. The molecule has 0 aliphatic carbocycles. The van der Waals surface area contributed by atoms with Crippen molar-refractivity contribution in [1.29, 1.82) is 0 Å². The molecule has 2 atom stereocenters. The Morgan fingerprint density at radius 3 is 2.60 bits per heavy atom. The summed E-state index contributed by atoms with van der Waals surface area (Å²) in [7, 11) is 0. The Kier molecular flexibility index (Phi) is 5.12. The summed E-state index contributed by atoms with van der Waals surface area (Å²) in [6.07, 6.45) is 1.59. The SMILES string of the molecule is O=C(CC1CCC(C(=O)O)CN1)OCc1ccccc1. The number of ether oxygens (including phenoxy) is 1. The van der Waals surface area contributed by atoms with Crippen LogP contribution in [0.2, 0.25) is 0 Å². The Morgan fingerprint density at radius 2 is 2.00 bits per heavy atom. The van der Waals surface area contributed by atoms with Gasteiger partial charge in [-0.05, 0) is 18.4 Å². The summed E-state index contributed by atoms with van der Waals surface area (Å²) in [4.78, 5) is 22.5. The number of aliphatic carboxylic acids is 1. The number of carboxylic acid groups (broad SMARTS) is 1. The molecule has 1 aromatic carbocycles. The summed E-state index contributed by atoms with van der Waals surface area (Å²) in [6, 6.07) is 9.55. The second-order valence-corrected chi connectivity index (χ2v) is 5.07. The van der Waals surface area contributed by atoms with Gasteiger partial charge >= 0.3 is 11.9 Å². The zero-order valence-electron chi connectivity index (χ0n) is 11.2.